The normalized spacial score (nSPS) is 22.2. The lowest BCUT2D eigenvalue weighted by Gasteiger charge is -2.37. The minimum Gasteiger partial charge on any atom is -0.298 e. The van der Waals surface area contributed by atoms with E-state index in [1.807, 2.05) is 6.92 Å². The van der Waals surface area contributed by atoms with Crippen molar-refractivity contribution in [2.45, 2.75) is 39.7 Å². The van der Waals surface area contributed by atoms with Crippen molar-refractivity contribution in [2.75, 3.05) is 31.9 Å². The number of hydrogen-bond acceptors (Lipinski definition) is 3. The zero-order valence-electron chi connectivity index (χ0n) is 10.6. The summed E-state index contributed by atoms with van der Waals surface area (Å²) in [5, 5.41) is 0. The van der Waals surface area contributed by atoms with Gasteiger partial charge in [-0.1, -0.05) is 13.8 Å². The second-order valence-corrected chi connectivity index (χ2v) is 6.60. The summed E-state index contributed by atoms with van der Waals surface area (Å²) < 4.78 is 25.3. The summed E-state index contributed by atoms with van der Waals surface area (Å²) in [7, 11) is -2.98. The van der Waals surface area contributed by atoms with E-state index in [0.29, 0.717) is 25.6 Å². The second-order valence-electron chi connectivity index (χ2n) is 4.51. The monoisotopic (exact) mass is 248 g/mol. The minimum absolute atomic E-state index is 0.288. The fourth-order valence-electron chi connectivity index (χ4n) is 2.07. The maximum atomic E-state index is 11.8. The second kappa shape index (κ2) is 5.98. The van der Waals surface area contributed by atoms with Crippen LogP contribution in [0.1, 0.15) is 33.6 Å². The van der Waals surface area contributed by atoms with Gasteiger partial charge in [-0.05, 0) is 19.8 Å². The topological polar surface area (TPSA) is 40.6 Å². The molecule has 16 heavy (non-hydrogen) atoms. The molecule has 0 saturated carbocycles. The Labute approximate surface area is 99.7 Å². The van der Waals surface area contributed by atoms with E-state index in [4.69, 9.17) is 0 Å². The summed E-state index contributed by atoms with van der Waals surface area (Å²) in [6, 6.07) is 0.566. The van der Waals surface area contributed by atoms with Crippen LogP contribution in [0.15, 0.2) is 0 Å². The Morgan fingerprint density at radius 3 is 2.12 bits per heavy atom. The summed E-state index contributed by atoms with van der Waals surface area (Å²) in [5.74, 6) is 0.288. The molecule has 0 N–H and O–H groups in total. The average molecular weight is 248 g/mol. The van der Waals surface area contributed by atoms with Crippen molar-refractivity contribution in [3.63, 3.8) is 0 Å². The molecule has 96 valence electrons. The van der Waals surface area contributed by atoms with E-state index in [1.54, 1.807) is 4.31 Å². The van der Waals surface area contributed by atoms with Crippen LogP contribution in [0.4, 0.5) is 0 Å². The molecule has 0 bridgehead atoms. The molecule has 0 aliphatic carbocycles. The Bertz CT molecular complexity index is 295. The summed E-state index contributed by atoms with van der Waals surface area (Å²) in [5.41, 5.74) is 0. The van der Waals surface area contributed by atoms with Gasteiger partial charge in [0, 0.05) is 32.2 Å². The Balaban J connectivity index is 2.49. The van der Waals surface area contributed by atoms with Crippen molar-refractivity contribution in [2.24, 2.45) is 0 Å². The van der Waals surface area contributed by atoms with Crippen molar-refractivity contribution < 1.29 is 8.42 Å². The third-order valence-electron chi connectivity index (χ3n) is 3.34. The first-order valence-electron chi connectivity index (χ1n) is 6.23. The first-order chi connectivity index (χ1) is 7.51. The molecule has 0 radical (unpaired) electrons. The quantitative estimate of drug-likeness (QED) is 0.732. The lowest BCUT2D eigenvalue weighted by Crippen LogP contribution is -2.51. The van der Waals surface area contributed by atoms with Crippen molar-refractivity contribution in [1.29, 1.82) is 0 Å². The fraction of sp³-hybridized carbons (Fsp3) is 1.00. The van der Waals surface area contributed by atoms with Crippen molar-refractivity contribution in [3.05, 3.63) is 0 Å². The van der Waals surface area contributed by atoms with E-state index < -0.39 is 10.0 Å². The van der Waals surface area contributed by atoms with Gasteiger partial charge in [-0.3, -0.25) is 4.90 Å². The molecule has 0 aromatic carbocycles. The van der Waals surface area contributed by atoms with Crippen LogP contribution in [0.3, 0.4) is 0 Å². The third kappa shape index (κ3) is 3.43. The van der Waals surface area contributed by atoms with Crippen molar-refractivity contribution in [3.8, 4) is 0 Å². The fourth-order valence-corrected chi connectivity index (χ4v) is 3.56. The van der Waals surface area contributed by atoms with Gasteiger partial charge in [0.05, 0.1) is 5.75 Å². The predicted molar refractivity (Wildman–Crippen MR) is 67.0 cm³/mol. The highest BCUT2D eigenvalue weighted by Crippen LogP contribution is 2.12. The SMILES string of the molecule is CCCS(=O)(=O)N1CCN(C(C)CC)CC1. The van der Waals surface area contributed by atoms with Crippen molar-refractivity contribution >= 4 is 10.0 Å². The summed E-state index contributed by atoms with van der Waals surface area (Å²) in [6.45, 7) is 9.35. The number of rotatable bonds is 5. The lowest BCUT2D eigenvalue weighted by atomic mass is 10.2. The molecule has 1 aliphatic rings. The molecule has 4 nitrogen and oxygen atoms in total. The van der Waals surface area contributed by atoms with Crippen LogP contribution >= 0.6 is 0 Å². The highest BCUT2D eigenvalue weighted by molar-refractivity contribution is 7.89. The van der Waals surface area contributed by atoms with Gasteiger partial charge in [-0.15, -0.1) is 0 Å². The molecule has 0 aromatic heterocycles. The van der Waals surface area contributed by atoms with E-state index in [-0.39, 0.29) is 5.75 Å². The van der Waals surface area contributed by atoms with E-state index in [9.17, 15) is 8.42 Å². The van der Waals surface area contributed by atoms with Gasteiger partial charge in [0.2, 0.25) is 10.0 Å². The van der Waals surface area contributed by atoms with E-state index >= 15 is 0 Å². The van der Waals surface area contributed by atoms with E-state index in [1.165, 1.54) is 0 Å². The summed E-state index contributed by atoms with van der Waals surface area (Å²) in [6.07, 6.45) is 1.83. The number of hydrogen-bond donors (Lipinski definition) is 0. The first kappa shape index (κ1) is 13.9. The van der Waals surface area contributed by atoms with Crippen LogP contribution in [0.25, 0.3) is 0 Å². The Hall–Kier alpha value is -0.130. The largest absolute Gasteiger partial charge is 0.298 e. The zero-order valence-corrected chi connectivity index (χ0v) is 11.5. The molecule has 5 heteroatoms. The van der Waals surface area contributed by atoms with Crippen LogP contribution in [-0.4, -0.2) is 55.6 Å². The third-order valence-corrected chi connectivity index (χ3v) is 5.42. The highest BCUT2D eigenvalue weighted by Gasteiger charge is 2.27. The molecule has 0 amide bonds. The molecule has 0 aromatic rings. The Kier molecular flexibility index (Phi) is 5.21. The smallest absolute Gasteiger partial charge is 0.214 e. The van der Waals surface area contributed by atoms with E-state index in [2.05, 4.69) is 18.7 Å². The van der Waals surface area contributed by atoms with Gasteiger partial charge in [0.1, 0.15) is 0 Å². The van der Waals surface area contributed by atoms with E-state index in [0.717, 1.165) is 19.5 Å². The van der Waals surface area contributed by atoms with Crippen LogP contribution in [-0.2, 0) is 10.0 Å². The van der Waals surface area contributed by atoms with Crippen LogP contribution in [0.5, 0.6) is 0 Å². The average Bonchev–Trinajstić information content (AvgIpc) is 2.28. The Morgan fingerprint density at radius 2 is 1.69 bits per heavy atom. The first-order valence-corrected chi connectivity index (χ1v) is 7.84. The molecule has 1 rings (SSSR count). The van der Waals surface area contributed by atoms with Gasteiger partial charge >= 0.3 is 0 Å². The summed E-state index contributed by atoms with van der Waals surface area (Å²) in [4.78, 5) is 2.37. The molecule has 1 unspecified atom stereocenters. The molecular weight excluding hydrogens is 224 g/mol. The molecule has 1 heterocycles. The van der Waals surface area contributed by atoms with Gasteiger partial charge in [0.15, 0.2) is 0 Å². The van der Waals surface area contributed by atoms with Gasteiger partial charge in [-0.25, -0.2) is 8.42 Å². The molecular formula is C11H24N2O2S. The van der Waals surface area contributed by atoms with Gasteiger partial charge < -0.3 is 0 Å². The Morgan fingerprint density at radius 1 is 1.12 bits per heavy atom. The number of nitrogens with zero attached hydrogens (tertiary/aromatic N) is 2. The molecule has 1 aliphatic heterocycles. The minimum atomic E-state index is -2.98. The van der Waals surface area contributed by atoms with Gasteiger partial charge in [0.25, 0.3) is 0 Å². The summed E-state index contributed by atoms with van der Waals surface area (Å²) >= 11 is 0. The maximum absolute atomic E-state index is 11.8. The van der Waals surface area contributed by atoms with Crippen molar-refractivity contribution in [1.82, 2.24) is 9.21 Å². The molecule has 1 saturated heterocycles. The van der Waals surface area contributed by atoms with Crippen LogP contribution in [0, 0.1) is 0 Å². The molecule has 1 fully saturated rings. The lowest BCUT2D eigenvalue weighted by molar-refractivity contribution is 0.142. The van der Waals surface area contributed by atoms with Crippen LogP contribution in [0.2, 0.25) is 0 Å². The van der Waals surface area contributed by atoms with Crippen LogP contribution < -0.4 is 0 Å². The standard InChI is InChI=1S/C11H24N2O2S/c1-4-10-16(14,15)13-8-6-12(7-9-13)11(3)5-2/h11H,4-10H2,1-3H3. The molecule has 0 spiro atoms. The maximum Gasteiger partial charge on any atom is 0.214 e. The van der Waals surface area contributed by atoms with Gasteiger partial charge in [-0.2, -0.15) is 4.31 Å². The number of sulfonamides is 1. The molecule has 1 atom stereocenters. The number of piperazine rings is 1. The highest BCUT2D eigenvalue weighted by atomic mass is 32.2. The predicted octanol–water partition coefficient (Wildman–Crippen LogP) is 1.14. The zero-order chi connectivity index (χ0) is 12.2.